The maximum absolute atomic E-state index is 6.32. The largest absolute Gasteiger partial charge is 0.379 e. The first-order valence-corrected chi connectivity index (χ1v) is 8.94. The summed E-state index contributed by atoms with van der Waals surface area (Å²) in [5, 5.41) is 0. The van der Waals surface area contributed by atoms with Gasteiger partial charge in [0.25, 0.3) is 0 Å². The number of nitrogens with zero attached hydrogens (tertiary/aromatic N) is 2. The van der Waals surface area contributed by atoms with Gasteiger partial charge in [0, 0.05) is 44.3 Å². The quantitative estimate of drug-likeness (QED) is 0.858. The number of morpholine rings is 1. The molecule has 0 radical (unpaired) electrons. The van der Waals surface area contributed by atoms with Crippen LogP contribution in [0.5, 0.6) is 0 Å². The SMILES string of the molecule is CC1CCCC(CN)(N2CCC(N3CCOCC3)C2)C1C. The monoisotopic (exact) mass is 295 g/mol. The Labute approximate surface area is 130 Å². The lowest BCUT2D eigenvalue weighted by atomic mass is 9.67. The van der Waals surface area contributed by atoms with Gasteiger partial charge in [0.05, 0.1) is 13.2 Å². The van der Waals surface area contributed by atoms with Crippen LogP contribution < -0.4 is 5.73 Å². The van der Waals surface area contributed by atoms with Crippen LogP contribution >= 0.6 is 0 Å². The van der Waals surface area contributed by atoms with Crippen LogP contribution in [0.4, 0.5) is 0 Å². The third kappa shape index (κ3) is 2.88. The predicted octanol–water partition coefficient (Wildman–Crippen LogP) is 1.55. The second-order valence-electron chi connectivity index (χ2n) is 7.50. The fourth-order valence-corrected chi connectivity index (χ4v) is 4.99. The Morgan fingerprint density at radius 1 is 1.14 bits per heavy atom. The Morgan fingerprint density at radius 2 is 1.90 bits per heavy atom. The van der Waals surface area contributed by atoms with E-state index in [1.54, 1.807) is 0 Å². The zero-order valence-electron chi connectivity index (χ0n) is 13.9. The lowest BCUT2D eigenvalue weighted by molar-refractivity contribution is -0.0105. The fraction of sp³-hybridized carbons (Fsp3) is 1.00. The van der Waals surface area contributed by atoms with Crippen molar-refractivity contribution in [2.24, 2.45) is 17.6 Å². The lowest BCUT2D eigenvalue weighted by Gasteiger charge is -2.51. The highest BCUT2D eigenvalue weighted by Crippen LogP contribution is 2.42. The third-order valence-corrected chi connectivity index (χ3v) is 6.68. The Morgan fingerprint density at radius 3 is 2.62 bits per heavy atom. The molecule has 4 nitrogen and oxygen atoms in total. The van der Waals surface area contributed by atoms with Crippen LogP contribution in [0, 0.1) is 11.8 Å². The van der Waals surface area contributed by atoms with Crippen molar-refractivity contribution in [2.75, 3.05) is 45.9 Å². The molecule has 3 fully saturated rings. The molecular formula is C17H33N3O. The van der Waals surface area contributed by atoms with Gasteiger partial charge in [-0.25, -0.2) is 0 Å². The Bertz CT molecular complexity index is 345. The van der Waals surface area contributed by atoms with Gasteiger partial charge in [0.15, 0.2) is 0 Å². The standard InChI is InChI=1S/C17H33N3O/c1-14-4-3-6-17(13-18,15(14)2)20-7-5-16(12-20)19-8-10-21-11-9-19/h14-16H,3-13,18H2,1-2H3. The second-order valence-corrected chi connectivity index (χ2v) is 7.50. The fourth-order valence-electron chi connectivity index (χ4n) is 4.99. The van der Waals surface area contributed by atoms with Crippen molar-refractivity contribution in [1.29, 1.82) is 0 Å². The molecule has 4 atom stereocenters. The molecule has 4 heteroatoms. The summed E-state index contributed by atoms with van der Waals surface area (Å²) < 4.78 is 5.50. The van der Waals surface area contributed by atoms with Crippen LogP contribution in [0.1, 0.15) is 39.5 Å². The van der Waals surface area contributed by atoms with Crippen LogP contribution in [-0.4, -0.2) is 67.3 Å². The summed E-state index contributed by atoms with van der Waals surface area (Å²) in [6.45, 7) is 12.2. The van der Waals surface area contributed by atoms with Gasteiger partial charge >= 0.3 is 0 Å². The zero-order valence-corrected chi connectivity index (χ0v) is 13.9. The maximum Gasteiger partial charge on any atom is 0.0594 e. The van der Waals surface area contributed by atoms with Gasteiger partial charge in [0.1, 0.15) is 0 Å². The van der Waals surface area contributed by atoms with E-state index in [-0.39, 0.29) is 5.54 Å². The molecule has 4 unspecified atom stereocenters. The molecule has 0 aromatic carbocycles. The van der Waals surface area contributed by atoms with Gasteiger partial charge in [-0.2, -0.15) is 0 Å². The van der Waals surface area contributed by atoms with E-state index in [9.17, 15) is 0 Å². The number of ether oxygens (including phenoxy) is 1. The Balaban J connectivity index is 1.68. The van der Waals surface area contributed by atoms with Gasteiger partial charge in [-0.3, -0.25) is 9.80 Å². The minimum Gasteiger partial charge on any atom is -0.379 e. The number of rotatable bonds is 3. The highest BCUT2D eigenvalue weighted by Gasteiger charge is 2.47. The third-order valence-electron chi connectivity index (χ3n) is 6.68. The summed E-state index contributed by atoms with van der Waals surface area (Å²) in [5.41, 5.74) is 6.58. The van der Waals surface area contributed by atoms with E-state index in [0.29, 0.717) is 0 Å². The molecule has 122 valence electrons. The summed E-state index contributed by atoms with van der Waals surface area (Å²) in [7, 11) is 0. The molecule has 21 heavy (non-hydrogen) atoms. The van der Waals surface area contributed by atoms with Crippen molar-refractivity contribution in [3.63, 3.8) is 0 Å². The normalized spacial score (nSPS) is 43.3. The van der Waals surface area contributed by atoms with E-state index in [4.69, 9.17) is 10.5 Å². The van der Waals surface area contributed by atoms with Crippen LogP contribution in [0.3, 0.4) is 0 Å². The van der Waals surface area contributed by atoms with E-state index in [1.165, 1.54) is 38.8 Å². The first-order chi connectivity index (χ1) is 10.2. The molecule has 1 aliphatic carbocycles. The molecule has 0 amide bonds. The van der Waals surface area contributed by atoms with Crippen molar-refractivity contribution in [2.45, 2.75) is 51.1 Å². The minimum atomic E-state index is 0.263. The van der Waals surface area contributed by atoms with E-state index in [0.717, 1.165) is 50.7 Å². The van der Waals surface area contributed by atoms with Gasteiger partial charge in [0.2, 0.25) is 0 Å². The first kappa shape index (κ1) is 15.7. The Hall–Kier alpha value is -0.160. The minimum absolute atomic E-state index is 0.263. The van der Waals surface area contributed by atoms with Crippen molar-refractivity contribution in [3.8, 4) is 0 Å². The number of likely N-dealkylation sites (tertiary alicyclic amines) is 1. The van der Waals surface area contributed by atoms with Crippen LogP contribution in [-0.2, 0) is 4.74 Å². The van der Waals surface area contributed by atoms with Gasteiger partial charge in [-0.15, -0.1) is 0 Å². The second kappa shape index (κ2) is 6.53. The van der Waals surface area contributed by atoms with E-state index in [1.807, 2.05) is 0 Å². The van der Waals surface area contributed by atoms with Crippen LogP contribution in [0.15, 0.2) is 0 Å². The molecule has 2 N–H and O–H groups in total. The molecule has 3 rings (SSSR count). The zero-order chi connectivity index (χ0) is 14.9. The summed E-state index contributed by atoms with van der Waals surface area (Å²) in [6.07, 6.45) is 5.33. The molecular weight excluding hydrogens is 262 g/mol. The summed E-state index contributed by atoms with van der Waals surface area (Å²) >= 11 is 0. The van der Waals surface area contributed by atoms with E-state index >= 15 is 0 Å². The summed E-state index contributed by atoms with van der Waals surface area (Å²) in [4.78, 5) is 5.40. The highest BCUT2D eigenvalue weighted by molar-refractivity contribution is 5.03. The lowest BCUT2D eigenvalue weighted by Crippen LogP contribution is -2.60. The molecule has 2 aliphatic heterocycles. The van der Waals surface area contributed by atoms with Crippen molar-refractivity contribution >= 4 is 0 Å². The van der Waals surface area contributed by atoms with E-state index in [2.05, 4.69) is 23.6 Å². The van der Waals surface area contributed by atoms with Gasteiger partial charge < -0.3 is 10.5 Å². The van der Waals surface area contributed by atoms with Crippen molar-refractivity contribution in [3.05, 3.63) is 0 Å². The van der Waals surface area contributed by atoms with Gasteiger partial charge in [-0.1, -0.05) is 26.7 Å². The smallest absolute Gasteiger partial charge is 0.0594 e. The number of nitrogens with two attached hydrogens (primary N) is 1. The molecule has 0 aromatic heterocycles. The molecule has 0 aromatic rings. The average Bonchev–Trinajstić information content (AvgIpc) is 3.01. The molecule has 0 spiro atoms. The van der Waals surface area contributed by atoms with Crippen molar-refractivity contribution in [1.82, 2.24) is 9.80 Å². The predicted molar refractivity (Wildman–Crippen MR) is 86.3 cm³/mol. The van der Waals surface area contributed by atoms with Crippen molar-refractivity contribution < 1.29 is 4.74 Å². The van der Waals surface area contributed by atoms with Crippen LogP contribution in [0.2, 0.25) is 0 Å². The van der Waals surface area contributed by atoms with Crippen LogP contribution in [0.25, 0.3) is 0 Å². The maximum atomic E-state index is 6.32. The van der Waals surface area contributed by atoms with Gasteiger partial charge in [-0.05, 0) is 24.7 Å². The molecule has 3 aliphatic rings. The number of hydrogen-bond donors (Lipinski definition) is 1. The molecule has 0 bridgehead atoms. The average molecular weight is 295 g/mol. The summed E-state index contributed by atoms with van der Waals surface area (Å²) in [6, 6.07) is 0.724. The highest BCUT2D eigenvalue weighted by atomic mass is 16.5. The first-order valence-electron chi connectivity index (χ1n) is 8.94. The molecule has 1 saturated carbocycles. The number of hydrogen-bond acceptors (Lipinski definition) is 4. The molecule has 2 heterocycles. The summed E-state index contributed by atoms with van der Waals surface area (Å²) in [5.74, 6) is 1.53. The topological polar surface area (TPSA) is 41.7 Å². The van der Waals surface area contributed by atoms with E-state index < -0.39 is 0 Å². The molecule has 2 saturated heterocycles. The Kier molecular flexibility index (Phi) is 4.89.